The predicted octanol–water partition coefficient (Wildman–Crippen LogP) is -0.735. The van der Waals surface area contributed by atoms with Crippen LogP contribution < -0.4 is 27.0 Å². The number of nitrogens with one attached hydrogen (secondary N) is 6. The van der Waals surface area contributed by atoms with Crippen molar-refractivity contribution in [2.45, 2.75) is 68.7 Å². The van der Waals surface area contributed by atoms with Gasteiger partial charge in [0.25, 0.3) is 0 Å². The molecule has 1 aliphatic rings. The molecule has 0 radical (unpaired) electrons. The number of carbonyl (C=O) groups is 7. The van der Waals surface area contributed by atoms with E-state index < -0.39 is 91.3 Å². The van der Waals surface area contributed by atoms with Gasteiger partial charge >= 0.3 is 11.9 Å². The van der Waals surface area contributed by atoms with Gasteiger partial charge in [0.05, 0.1) is 19.2 Å². The van der Waals surface area contributed by atoms with E-state index in [1.165, 1.54) is 4.90 Å². The number of hydrogen-bond acceptors (Lipinski definition) is 9. The lowest BCUT2D eigenvalue weighted by molar-refractivity contribution is -0.144. The second kappa shape index (κ2) is 18.2. The van der Waals surface area contributed by atoms with E-state index in [0.717, 1.165) is 27.4 Å². The van der Waals surface area contributed by atoms with E-state index in [0.29, 0.717) is 12.0 Å². The van der Waals surface area contributed by atoms with Crippen LogP contribution in [0.3, 0.4) is 0 Å². The topological polar surface area (TPSA) is 289 Å². The summed E-state index contributed by atoms with van der Waals surface area (Å²) in [6.45, 7) is -1.36. The van der Waals surface area contributed by atoms with Crippen LogP contribution in [0.5, 0.6) is 0 Å². The van der Waals surface area contributed by atoms with E-state index in [-0.39, 0.29) is 32.2 Å². The monoisotopic (exact) mass is 760 g/mol. The minimum Gasteiger partial charge on any atom is -0.481 e. The van der Waals surface area contributed by atoms with Crippen LogP contribution in [0, 0.1) is 0 Å². The average Bonchev–Trinajstić information content (AvgIpc) is 3.93. The quantitative estimate of drug-likeness (QED) is 0.0603. The fourth-order valence-electron chi connectivity index (χ4n) is 6.63. The predicted molar refractivity (Wildman–Crippen MR) is 197 cm³/mol. The molecule has 55 heavy (non-hydrogen) atoms. The molecule has 5 amide bonds. The molecule has 18 nitrogen and oxygen atoms in total. The molecule has 11 N–H and O–H groups in total. The number of para-hydroxylation sites is 2. The Labute approximate surface area is 314 Å². The molecule has 1 aliphatic heterocycles. The van der Waals surface area contributed by atoms with Crippen LogP contribution in [0.2, 0.25) is 0 Å². The number of carbonyl (C=O) groups excluding carboxylic acids is 5. The minimum atomic E-state index is -1.59. The zero-order chi connectivity index (χ0) is 39.6. The summed E-state index contributed by atoms with van der Waals surface area (Å²) in [5, 5.41) is 40.3. The molecule has 0 spiro atoms. The Morgan fingerprint density at radius 3 is 1.98 bits per heavy atom. The number of H-pyrrole nitrogens is 2. The molecule has 0 bridgehead atoms. The van der Waals surface area contributed by atoms with Crippen molar-refractivity contribution in [2.75, 3.05) is 19.7 Å². The van der Waals surface area contributed by atoms with Crippen LogP contribution in [-0.2, 0) is 46.4 Å². The maximum atomic E-state index is 13.3. The van der Waals surface area contributed by atoms with Crippen LogP contribution in [0.15, 0.2) is 60.9 Å². The zero-order valence-electron chi connectivity index (χ0n) is 29.7. The van der Waals surface area contributed by atoms with Crippen molar-refractivity contribution in [3.8, 4) is 0 Å². The van der Waals surface area contributed by atoms with Crippen molar-refractivity contribution < 1.29 is 48.9 Å². The first-order valence-electron chi connectivity index (χ1n) is 17.8. The third kappa shape index (κ3) is 10.0. The van der Waals surface area contributed by atoms with Crippen LogP contribution in [0.25, 0.3) is 21.8 Å². The number of aromatic amines is 2. The molecule has 1 fully saturated rings. The lowest BCUT2D eigenvalue weighted by atomic mass is 10.0. The van der Waals surface area contributed by atoms with Crippen molar-refractivity contribution in [1.29, 1.82) is 0 Å². The van der Waals surface area contributed by atoms with Crippen LogP contribution in [0.4, 0.5) is 0 Å². The third-order valence-corrected chi connectivity index (χ3v) is 9.55. The van der Waals surface area contributed by atoms with Gasteiger partial charge in [-0.05, 0) is 48.9 Å². The maximum absolute atomic E-state index is 13.3. The Morgan fingerprint density at radius 2 is 1.38 bits per heavy atom. The fourth-order valence-corrected chi connectivity index (χ4v) is 6.63. The molecule has 5 atom stereocenters. The molecule has 1 saturated heterocycles. The molecule has 18 heteroatoms. The molecule has 2 aromatic carbocycles. The second-order valence-electron chi connectivity index (χ2n) is 13.3. The van der Waals surface area contributed by atoms with Gasteiger partial charge in [0.1, 0.15) is 24.2 Å². The van der Waals surface area contributed by atoms with Crippen LogP contribution in [-0.4, -0.2) is 122 Å². The van der Waals surface area contributed by atoms with Crippen LogP contribution >= 0.6 is 0 Å². The number of fused-ring (bicyclic) bond motifs is 2. The summed E-state index contributed by atoms with van der Waals surface area (Å²) < 4.78 is 0. The lowest BCUT2D eigenvalue weighted by Crippen LogP contribution is -2.58. The molecule has 0 unspecified atom stereocenters. The highest BCUT2D eigenvalue weighted by atomic mass is 16.4. The number of nitrogens with two attached hydrogens (primary N) is 1. The van der Waals surface area contributed by atoms with E-state index >= 15 is 0 Å². The first-order chi connectivity index (χ1) is 26.4. The number of aliphatic hydroxyl groups is 1. The van der Waals surface area contributed by atoms with E-state index in [9.17, 15) is 48.9 Å². The smallest absolute Gasteiger partial charge is 0.326 e. The van der Waals surface area contributed by atoms with Crippen molar-refractivity contribution in [3.05, 3.63) is 72.1 Å². The third-order valence-electron chi connectivity index (χ3n) is 9.55. The zero-order valence-corrected chi connectivity index (χ0v) is 29.7. The van der Waals surface area contributed by atoms with Gasteiger partial charge in [0, 0.05) is 53.6 Å². The summed E-state index contributed by atoms with van der Waals surface area (Å²) in [6.07, 6.45) is 3.32. The average molecular weight is 761 g/mol. The molecule has 3 heterocycles. The summed E-state index contributed by atoms with van der Waals surface area (Å²) in [6, 6.07) is 8.29. The highest BCUT2D eigenvalue weighted by molar-refractivity contribution is 5.96. The Morgan fingerprint density at radius 1 is 0.782 bits per heavy atom. The van der Waals surface area contributed by atoms with Gasteiger partial charge < -0.3 is 57.2 Å². The number of rotatable bonds is 18. The van der Waals surface area contributed by atoms with Gasteiger partial charge in [-0.15, -0.1) is 0 Å². The molecule has 2 aromatic heterocycles. The number of nitrogens with zero attached hydrogens (tertiary/aromatic N) is 1. The largest absolute Gasteiger partial charge is 0.481 e. The molecule has 0 aliphatic carbocycles. The molecular formula is C37H44N8O10. The second-order valence-corrected chi connectivity index (χ2v) is 13.3. The van der Waals surface area contributed by atoms with Crippen molar-refractivity contribution in [2.24, 2.45) is 5.73 Å². The molecule has 5 rings (SSSR count). The highest BCUT2D eigenvalue weighted by Gasteiger charge is 2.36. The van der Waals surface area contributed by atoms with E-state index in [4.69, 9.17) is 5.73 Å². The first-order valence-corrected chi connectivity index (χ1v) is 17.8. The number of carboxylic acids is 2. The Kier molecular flexibility index (Phi) is 13.2. The highest BCUT2D eigenvalue weighted by Crippen LogP contribution is 2.22. The Bertz CT molecular complexity index is 2060. The molecule has 292 valence electrons. The van der Waals surface area contributed by atoms with Crippen LogP contribution in [0.1, 0.15) is 36.8 Å². The normalized spacial score (nSPS) is 16.2. The summed E-state index contributed by atoms with van der Waals surface area (Å²) in [5.74, 6) is -6.50. The molecule has 4 aromatic rings. The standard InChI is InChI=1S/C37H44N8O10/c38-24(14-20-16-39-25-8-3-1-6-22(20)25)33(50)42-27(11-12-32(48)49)35(52)44-29(19-46)34(51)41-18-31(47)45-13-5-10-30(45)36(53)43-28(37(54)55)15-21-17-40-26-9-4-2-7-23(21)26/h1-4,6-9,16-17,24,27-30,39-40,46H,5,10-15,18-19,38H2,(H,41,51)(H,42,50)(H,43,53)(H,44,52)(H,48,49)(H,54,55)/t24-,27-,28-,29-,30-/m0/s1. The van der Waals surface area contributed by atoms with E-state index in [1.54, 1.807) is 12.4 Å². The summed E-state index contributed by atoms with van der Waals surface area (Å²) >= 11 is 0. The van der Waals surface area contributed by atoms with Gasteiger partial charge in [-0.3, -0.25) is 28.8 Å². The summed E-state index contributed by atoms with van der Waals surface area (Å²) in [7, 11) is 0. The van der Waals surface area contributed by atoms with Crippen molar-refractivity contribution in [1.82, 2.24) is 36.1 Å². The number of carboxylic acid groups (broad SMARTS) is 2. The number of benzene rings is 2. The number of likely N-dealkylation sites (tertiary alicyclic amines) is 1. The minimum absolute atomic E-state index is 0.00522. The Balaban J connectivity index is 1.14. The van der Waals surface area contributed by atoms with Gasteiger partial charge in [0.2, 0.25) is 29.5 Å². The fraction of sp³-hybridized carbons (Fsp3) is 0.378. The Hall–Kier alpha value is -6.27. The summed E-state index contributed by atoms with van der Waals surface area (Å²) in [5.41, 5.74) is 9.24. The van der Waals surface area contributed by atoms with Gasteiger partial charge in [-0.2, -0.15) is 0 Å². The first kappa shape index (κ1) is 39.9. The number of aromatic nitrogens is 2. The SMILES string of the molecule is N[C@@H](Cc1c[nH]c2ccccc12)C(=O)N[C@@H](CCC(=O)O)C(=O)N[C@@H](CO)C(=O)NCC(=O)N1CCC[C@H]1C(=O)N[C@@H](Cc1c[nH]c2ccccc12)C(=O)O. The summed E-state index contributed by atoms with van der Waals surface area (Å²) in [4.78, 5) is 96.5. The molecular weight excluding hydrogens is 716 g/mol. The van der Waals surface area contributed by atoms with Crippen molar-refractivity contribution in [3.63, 3.8) is 0 Å². The van der Waals surface area contributed by atoms with Gasteiger partial charge in [-0.25, -0.2) is 4.79 Å². The van der Waals surface area contributed by atoms with Crippen molar-refractivity contribution >= 4 is 63.3 Å². The maximum Gasteiger partial charge on any atom is 0.326 e. The molecule has 0 saturated carbocycles. The number of aliphatic carboxylic acids is 2. The van der Waals surface area contributed by atoms with E-state index in [2.05, 4.69) is 31.2 Å². The van der Waals surface area contributed by atoms with Gasteiger partial charge in [-0.1, -0.05) is 36.4 Å². The lowest BCUT2D eigenvalue weighted by Gasteiger charge is -2.26. The van der Waals surface area contributed by atoms with E-state index in [1.807, 2.05) is 48.5 Å². The number of amides is 5. The van der Waals surface area contributed by atoms with Gasteiger partial charge in [0.15, 0.2) is 0 Å². The number of aliphatic hydroxyl groups excluding tert-OH is 1. The number of hydrogen-bond donors (Lipinski definition) is 10.